The summed E-state index contributed by atoms with van der Waals surface area (Å²) in [5, 5.41) is 12.3. The summed E-state index contributed by atoms with van der Waals surface area (Å²) in [5.74, 6) is -2.92. The fourth-order valence-corrected chi connectivity index (χ4v) is 6.00. The average Bonchev–Trinajstić information content (AvgIpc) is 3.31. The highest BCUT2D eigenvalue weighted by Gasteiger charge is 2.51. The van der Waals surface area contributed by atoms with Crippen molar-refractivity contribution >= 4 is 17.7 Å². The summed E-state index contributed by atoms with van der Waals surface area (Å²) in [5.41, 5.74) is -0.862. The highest BCUT2D eigenvalue weighted by molar-refractivity contribution is 5.89. The molecule has 0 spiro atoms. The van der Waals surface area contributed by atoms with Gasteiger partial charge in [0, 0.05) is 17.5 Å². The molecule has 1 saturated heterocycles. The molecular formula is C29H34F7N3O5. The molecular weight excluding hydrogens is 603 g/mol. The SMILES string of the molecule is CCCN1CCC2(c3ccc(OC)c(OC)c3)CCC(NC(=O)Nc3cccc(C(F)(F)F)c3F)CC12.O=C(O)C(F)(F)F. The van der Waals surface area contributed by atoms with E-state index < -0.39 is 41.4 Å². The zero-order chi connectivity index (χ0) is 32.9. The van der Waals surface area contributed by atoms with E-state index in [1.807, 2.05) is 12.1 Å². The Kier molecular flexibility index (Phi) is 11.0. The van der Waals surface area contributed by atoms with Gasteiger partial charge in [0.05, 0.1) is 25.5 Å². The maximum atomic E-state index is 14.4. The van der Waals surface area contributed by atoms with Crippen molar-refractivity contribution in [3.8, 4) is 11.5 Å². The lowest BCUT2D eigenvalue weighted by molar-refractivity contribution is -0.192. The average molecular weight is 638 g/mol. The Morgan fingerprint density at radius 3 is 2.27 bits per heavy atom. The summed E-state index contributed by atoms with van der Waals surface area (Å²) < 4.78 is 96.2. The molecule has 15 heteroatoms. The second-order valence-corrected chi connectivity index (χ2v) is 10.6. The van der Waals surface area contributed by atoms with Crippen LogP contribution in [-0.4, -0.2) is 67.6 Å². The van der Waals surface area contributed by atoms with E-state index >= 15 is 0 Å². The van der Waals surface area contributed by atoms with Crippen LogP contribution in [0.3, 0.4) is 0 Å². The molecule has 1 aliphatic heterocycles. The molecule has 2 aromatic carbocycles. The lowest BCUT2D eigenvalue weighted by Gasteiger charge is -2.45. The van der Waals surface area contributed by atoms with Crippen LogP contribution < -0.4 is 20.1 Å². The van der Waals surface area contributed by atoms with Crippen molar-refractivity contribution in [1.82, 2.24) is 10.2 Å². The standard InChI is InChI=1S/C27H33F4N3O3.C2HF3O2/c1-4-13-34-14-12-26(17-8-9-21(36-2)22(15-17)37-3)11-10-18(16-23(26)34)32-25(35)33-20-7-5-6-19(24(20)28)27(29,30)31;3-2(4,5)1(6)7/h5-9,15,18,23H,4,10-14,16H2,1-3H3,(H2,32,33,35);(H,6,7). The highest BCUT2D eigenvalue weighted by Crippen LogP contribution is 2.50. The molecule has 0 radical (unpaired) electrons. The fraction of sp³-hybridized carbons (Fsp3) is 0.517. The Morgan fingerprint density at radius 1 is 1.05 bits per heavy atom. The number of likely N-dealkylation sites (tertiary alicyclic amines) is 1. The third-order valence-electron chi connectivity index (χ3n) is 7.97. The third kappa shape index (κ3) is 7.85. The van der Waals surface area contributed by atoms with Crippen molar-refractivity contribution in [2.45, 2.75) is 68.9 Å². The molecule has 244 valence electrons. The van der Waals surface area contributed by atoms with Gasteiger partial charge in [-0.2, -0.15) is 26.3 Å². The number of carboxylic acids is 1. The number of amides is 2. The molecule has 3 N–H and O–H groups in total. The summed E-state index contributed by atoms with van der Waals surface area (Å²) >= 11 is 0. The van der Waals surface area contributed by atoms with Gasteiger partial charge < -0.3 is 25.2 Å². The van der Waals surface area contributed by atoms with Gasteiger partial charge in [-0.3, -0.25) is 4.90 Å². The first-order valence-electron chi connectivity index (χ1n) is 13.8. The number of methoxy groups -OCH3 is 2. The van der Waals surface area contributed by atoms with Crippen LogP contribution in [0.5, 0.6) is 11.5 Å². The molecule has 44 heavy (non-hydrogen) atoms. The number of fused-ring (bicyclic) bond motifs is 1. The number of alkyl halides is 6. The zero-order valence-corrected chi connectivity index (χ0v) is 24.2. The third-order valence-corrected chi connectivity index (χ3v) is 7.97. The van der Waals surface area contributed by atoms with Crippen LogP contribution in [0.15, 0.2) is 36.4 Å². The Balaban J connectivity index is 0.000000676. The van der Waals surface area contributed by atoms with Crippen LogP contribution in [0.25, 0.3) is 0 Å². The number of carboxylic acid groups (broad SMARTS) is 1. The summed E-state index contributed by atoms with van der Waals surface area (Å²) in [6.45, 7) is 3.99. The minimum Gasteiger partial charge on any atom is -0.493 e. The normalized spacial score (nSPS) is 21.9. The van der Waals surface area contributed by atoms with Gasteiger partial charge in [0.15, 0.2) is 17.3 Å². The molecule has 2 amide bonds. The van der Waals surface area contributed by atoms with E-state index in [2.05, 4.69) is 28.5 Å². The molecule has 1 aliphatic carbocycles. The first-order valence-corrected chi connectivity index (χ1v) is 13.8. The number of aliphatic carboxylic acids is 1. The van der Waals surface area contributed by atoms with Crippen molar-refractivity contribution in [3.05, 3.63) is 53.3 Å². The summed E-state index contributed by atoms with van der Waals surface area (Å²) in [4.78, 5) is 24.0. The lowest BCUT2D eigenvalue weighted by Crippen LogP contribution is -2.53. The van der Waals surface area contributed by atoms with E-state index in [1.165, 1.54) is 5.56 Å². The van der Waals surface area contributed by atoms with Crippen molar-refractivity contribution in [2.24, 2.45) is 0 Å². The number of hydrogen-bond acceptors (Lipinski definition) is 5. The maximum absolute atomic E-state index is 14.4. The lowest BCUT2D eigenvalue weighted by atomic mass is 9.65. The number of nitrogens with one attached hydrogen (secondary N) is 2. The summed E-state index contributed by atoms with van der Waals surface area (Å²) in [6.07, 6.45) is -5.79. The predicted molar refractivity (Wildman–Crippen MR) is 146 cm³/mol. The number of halogens is 7. The molecule has 0 aromatic heterocycles. The van der Waals surface area contributed by atoms with Gasteiger partial charge in [0.1, 0.15) is 0 Å². The van der Waals surface area contributed by atoms with Crippen LogP contribution >= 0.6 is 0 Å². The van der Waals surface area contributed by atoms with E-state index in [-0.39, 0.29) is 17.5 Å². The van der Waals surface area contributed by atoms with E-state index in [0.717, 1.165) is 44.5 Å². The Labute approximate surface area is 249 Å². The molecule has 2 aromatic rings. The molecule has 4 rings (SSSR count). The number of benzene rings is 2. The van der Waals surface area contributed by atoms with Crippen LogP contribution in [-0.2, 0) is 16.4 Å². The second-order valence-electron chi connectivity index (χ2n) is 10.6. The van der Waals surface area contributed by atoms with E-state index in [0.29, 0.717) is 30.4 Å². The van der Waals surface area contributed by atoms with Crippen molar-refractivity contribution in [2.75, 3.05) is 32.6 Å². The Bertz CT molecular complexity index is 1320. The predicted octanol–water partition coefficient (Wildman–Crippen LogP) is 6.59. The number of carbonyl (C=O) groups is 2. The number of ether oxygens (including phenoxy) is 2. The molecule has 3 unspecified atom stereocenters. The van der Waals surface area contributed by atoms with Gasteiger partial charge >= 0.3 is 24.4 Å². The Morgan fingerprint density at radius 2 is 1.70 bits per heavy atom. The van der Waals surface area contributed by atoms with E-state index in [9.17, 15) is 35.5 Å². The van der Waals surface area contributed by atoms with Gasteiger partial charge in [0.2, 0.25) is 0 Å². The highest BCUT2D eigenvalue weighted by atomic mass is 19.4. The number of anilines is 1. The van der Waals surface area contributed by atoms with Crippen molar-refractivity contribution in [3.63, 3.8) is 0 Å². The second kappa shape index (κ2) is 13.9. The quantitative estimate of drug-likeness (QED) is 0.296. The minimum absolute atomic E-state index is 0.115. The summed E-state index contributed by atoms with van der Waals surface area (Å²) in [6, 6.07) is 8.12. The van der Waals surface area contributed by atoms with Crippen molar-refractivity contribution < 1.29 is 54.9 Å². The van der Waals surface area contributed by atoms with Crippen LogP contribution in [0.4, 0.5) is 41.2 Å². The molecule has 2 fully saturated rings. The number of nitrogens with zero attached hydrogens (tertiary/aromatic N) is 1. The number of rotatable bonds is 7. The molecule has 2 aliphatic rings. The minimum atomic E-state index is -5.08. The topological polar surface area (TPSA) is 100 Å². The smallest absolute Gasteiger partial charge is 0.490 e. The van der Waals surface area contributed by atoms with Gasteiger partial charge in [-0.25, -0.2) is 14.0 Å². The molecule has 1 heterocycles. The molecule has 1 saturated carbocycles. The van der Waals surface area contributed by atoms with Crippen LogP contribution in [0.1, 0.15) is 50.2 Å². The molecule has 3 atom stereocenters. The van der Waals surface area contributed by atoms with Crippen LogP contribution in [0.2, 0.25) is 0 Å². The van der Waals surface area contributed by atoms with Gasteiger partial charge in [-0.05, 0) is 75.0 Å². The fourth-order valence-electron chi connectivity index (χ4n) is 6.00. The van der Waals surface area contributed by atoms with E-state index in [1.54, 1.807) is 14.2 Å². The maximum Gasteiger partial charge on any atom is 0.490 e. The van der Waals surface area contributed by atoms with Gasteiger partial charge in [-0.1, -0.05) is 19.1 Å². The van der Waals surface area contributed by atoms with Crippen LogP contribution in [0, 0.1) is 5.82 Å². The first-order chi connectivity index (χ1) is 20.6. The van der Waals surface area contributed by atoms with Crippen molar-refractivity contribution in [1.29, 1.82) is 0 Å². The zero-order valence-electron chi connectivity index (χ0n) is 24.2. The monoisotopic (exact) mass is 637 g/mol. The number of carbonyl (C=O) groups excluding carboxylic acids is 1. The number of hydrogen-bond donors (Lipinski definition) is 3. The van der Waals surface area contributed by atoms with E-state index in [4.69, 9.17) is 19.4 Å². The molecule has 8 nitrogen and oxygen atoms in total. The molecule has 0 bridgehead atoms. The largest absolute Gasteiger partial charge is 0.493 e. The van der Waals surface area contributed by atoms with Gasteiger partial charge in [0.25, 0.3) is 0 Å². The number of urea groups is 1. The first kappa shape index (κ1) is 34.7. The van der Waals surface area contributed by atoms with Gasteiger partial charge in [-0.15, -0.1) is 0 Å². The summed E-state index contributed by atoms with van der Waals surface area (Å²) in [7, 11) is 3.21. The Hall–Kier alpha value is -3.75.